The van der Waals surface area contributed by atoms with Crippen molar-refractivity contribution in [2.45, 2.75) is 38.8 Å². The maximum Gasteiger partial charge on any atom is 0.223 e. The Balaban J connectivity index is 1.20. The number of aryl methyl sites for hydroxylation is 1. The number of imidazole rings is 1. The smallest absolute Gasteiger partial charge is 0.223 e. The first-order valence-corrected chi connectivity index (χ1v) is 11.3. The summed E-state index contributed by atoms with van der Waals surface area (Å²) in [6.07, 6.45) is 8.25. The number of rotatable bonds is 8. The summed E-state index contributed by atoms with van der Waals surface area (Å²) >= 11 is 0. The molecular weight excluding hydrogens is 400 g/mol. The van der Waals surface area contributed by atoms with E-state index < -0.39 is 0 Å². The molecule has 0 radical (unpaired) electrons. The van der Waals surface area contributed by atoms with Gasteiger partial charge in [-0.3, -0.25) is 9.59 Å². The van der Waals surface area contributed by atoms with Crippen LogP contribution < -0.4 is 5.32 Å². The number of benzene rings is 2. The SMILES string of the molecule is O=C(NCc1cccc(Cn2ccnc2)c1)C1CCN(C(=O)CCc2ccccc2)CC1. The molecule has 1 saturated heterocycles. The zero-order valence-electron chi connectivity index (χ0n) is 18.3. The maximum absolute atomic E-state index is 12.7. The predicted molar refractivity (Wildman–Crippen MR) is 124 cm³/mol. The van der Waals surface area contributed by atoms with Gasteiger partial charge in [0.05, 0.1) is 6.33 Å². The van der Waals surface area contributed by atoms with E-state index in [9.17, 15) is 9.59 Å². The fourth-order valence-electron chi connectivity index (χ4n) is 4.21. The highest BCUT2D eigenvalue weighted by Crippen LogP contribution is 2.19. The Kier molecular flexibility index (Phi) is 7.33. The molecule has 4 rings (SSSR count). The Hall–Kier alpha value is -3.41. The molecular formula is C26H30N4O2. The first-order chi connectivity index (χ1) is 15.7. The van der Waals surface area contributed by atoms with Crippen LogP contribution in [0, 0.1) is 5.92 Å². The number of likely N-dealkylation sites (tertiary alicyclic amines) is 1. The first-order valence-electron chi connectivity index (χ1n) is 11.3. The number of aromatic nitrogens is 2. The lowest BCUT2D eigenvalue weighted by Crippen LogP contribution is -2.43. The summed E-state index contributed by atoms with van der Waals surface area (Å²) in [5.74, 6) is 0.242. The zero-order chi connectivity index (χ0) is 22.2. The van der Waals surface area contributed by atoms with E-state index >= 15 is 0 Å². The molecule has 1 aliphatic rings. The Morgan fingerprint density at radius 2 is 1.72 bits per heavy atom. The van der Waals surface area contributed by atoms with Crippen LogP contribution in [0.15, 0.2) is 73.3 Å². The third kappa shape index (κ3) is 6.06. The summed E-state index contributed by atoms with van der Waals surface area (Å²) in [5, 5.41) is 3.08. The summed E-state index contributed by atoms with van der Waals surface area (Å²) < 4.78 is 2.02. The minimum absolute atomic E-state index is 0.0256. The molecule has 0 spiro atoms. The Morgan fingerprint density at radius 1 is 0.969 bits per heavy atom. The van der Waals surface area contributed by atoms with Crippen molar-refractivity contribution in [3.8, 4) is 0 Å². The number of piperidine rings is 1. The van der Waals surface area contributed by atoms with Gasteiger partial charge in [-0.25, -0.2) is 4.98 Å². The second-order valence-corrected chi connectivity index (χ2v) is 8.41. The Labute approximate surface area is 189 Å². The normalized spacial score (nSPS) is 14.3. The third-order valence-corrected chi connectivity index (χ3v) is 6.07. The van der Waals surface area contributed by atoms with Gasteiger partial charge >= 0.3 is 0 Å². The lowest BCUT2D eigenvalue weighted by molar-refractivity contribution is -0.135. The number of carbonyl (C=O) groups excluding carboxylic acids is 2. The first kappa shape index (κ1) is 21.8. The fraction of sp³-hybridized carbons (Fsp3) is 0.346. The summed E-state index contributed by atoms with van der Waals surface area (Å²) in [7, 11) is 0. The second-order valence-electron chi connectivity index (χ2n) is 8.41. The van der Waals surface area contributed by atoms with Crippen molar-refractivity contribution in [1.82, 2.24) is 19.8 Å². The van der Waals surface area contributed by atoms with Crippen molar-refractivity contribution >= 4 is 11.8 Å². The molecule has 1 N–H and O–H groups in total. The van der Waals surface area contributed by atoms with E-state index in [-0.39, 0.29) is 17.7 Å². The molecule has 2 amide bonds. The van der Waals surface area contributed by atoms with Gasteiger partial charge in [-0.05, 0) is 36.0 Å². The highest BCUT2D eigenvalue weighted by atomic mass is 16.2. The van der Waals surface area contributed by atoms with E-state index in [4.69, 9.17) is 0 Å². The molecule has 1 aliphatic heterocycles. The highest BCUT2D eigenvalue weighted by Gasteiger charge is 2.26. The van der Waals surface area contributed by atoms with Gasteiger partial charge in [0.15, 0.2) is 0 Å². The van der Waals surface area contributed by atoms with Crippen molar-refractivity contribution in [3.05, 3.63) is 90.0 Å². The van der Waals surface area contributed by atoms with Crippen molar-refractivity contribution in [3.63, 3.8) is 0 Å². The molecule has 166 valence electrons. The Bertz CT molecular complexity index is 1010. The molecule has 1 fully saturated rings. The molecule has 6 nitrogen and oxygen atoms in total. The molecule has 1 aromatic heterocycles. The summed E-state index contributed by atoms with van der Waals surface area (Å²) in [6, 6.07) is 18.3. The molecule has 0 aliphatic carbocycles. The van der Waals surface area contributed by atoms with Crippen molar-refractivity contribution in [2.24, 2.45) is 5.92 Å². The van der Waals surface area contributed by atoms with Crippen molar-refractivity contribution in [1.29, 1.82) is 0 Å². The molecule has 0 saturated carbocycles. The average molecular weight is 431 g/mol. The average Bonchev–Trinajstić information content (AvgIpc) is 3.35. The monoisotopic (exact) mass is 430 g/mol. The molecule has 0 unspecified atom stereocenters. The van der Waals surface area contributed by atoms with Crippen LogP contribution in [0.5, 0.6) is 0 Å². The van der Waals surface area contributed by atoms with E-state index in [1.54, 1.807) is 12.5 Å². The second kappa shape index (κ2) is 10.8. The van der Waals surface area contributed by atoms with E-state index in [2.05, 4.69) is 34.6 Å². The molecule has 2 aromatic carbocycles. The standard InChI is InChI=1S/C26H30N4O2/c31-25(10-9-21-5-2-1-3-6-21)30-14-11-24(12-15-30)26(32)28-18-22-7-4-8-23(17-22)19-29-16-13-27-20-29/h1-8,13,16-17,20,24H,9-12,14-15,18-19H2,(H,28,32). The van der Waals surface area contributed by atoms with Gasteiger partial charge in [-0.15, -0.1) is 0 Å². The number of hydrogen-bond donors (Lipinski definition) is 1. The summed E-state index contributed by atoms with van der Waals surface area (Å²) in [6.45, 7) is 2.60. The number of nitrogens with one attached hydrogen (secondary N) is 1. The summed E-state index contributed by atoms with van der Waals surface area (Å²) in [5.41, 5.74) is 3.45. The largest absolute Gasteiger partial charge is 0.352 e. The van der Waals surface area contributed by atoms with Gasteiger partial charge in [0.1, 0.15) is 0 Å². The predicted octanol–water partition coefficient (Wildman–Crippen LogP) is 3.42. The van der Waals surface area contributed by atoms with Crippen molar-refractivity contribution in [2.75, 3.05) is 13.1 Å². The number of hydrogen-bond acceptors (Lipinski definition) is 3. The maximum atomic E-state index is 12.7. The van der Waals surface area contributed by atoms with Crippen LogP contribution in [-0.4, -0.2) is 39.4 Å². The molecule has 2 heterocycles. The summed E-state index contributed by atoms with van der Waals surface area (Å²) in [4.78, 5) is 31.2. The van der Waals surface area contributed by atoms with E-state index in [1.165, 1.54) is 11.1 Å². The van der Waals surface area contributed by atoms with Crippen LogP contribution in [0.1, 0.15) is 36.0 Å². The van der Waals surface area contributed by atoms with Crippen LogP contribution in [0.25, 0.3) is 0 Å². The van der Waals surface area contributed by atoms with E-state index in [1.807, 2.05) is 46.0 Å². The van der Waals surface area contributed by atoms with Gasteiger partial charge in [0.2, 0.25) is 11.8 Å². The molecule has 3 aromatic rings. The van der Waals surface area contributed by atoms with Gasteiger partial charge in [-0.1, -0.05) is 54.6 Å². The van der Waals surface area contributed by atoms with Crippen molar-refractivity contribution < 1.29 is 9.59 Å². The third-order valence-electron chi connectivity index (χ3n) is 6.07. The van der Waals surface area contributed by atoms with Gasteiger partial charge in [0.25, 0.3) is 0 Å². The van der Waals surface area contributed by atoms with Crippen LogP contribution in [0.3, 0.4) is 0 Å². The van der Waals surface area contributed by atoms with Gasteiger partial charge in [-0.2, -0.15) is 0 Å². The molecule has 32 heavy (non-hydrogen) atoms. The number of carbonyl (C=O) groups is 2. The van der Waals surface area contributed by atoms with Gasteiger partial charge in [0, 0.05) is 50.9 Å². The lowest BCUT2D eigenvalue weighted by Gasteiger charge is -2.31. The van der Waals surface area contributed by atoms with Crippen LogP contribution in [0.4, 0.5) is 0 Å². The zero-order valence-corrected chi connectivity index (χ0v) is 18.3. The number of amides is 2. The number of nitrogens with zero attached hydrogens (tertiary/aromatic N) is 3. The van der Waals surface area contributed by atoms with E-state index in [0.29, 0.717) is 26.1 Å². The topological polar surface area (TPSA) is 67.2 Å². The van der Waals surface area contributed by atoms with Crippen LogP contribution >= 0.6 is 0 Å². The Morgan fingerprint density at radius 3 is 2.47 bits per heavy atom. The molecule has 0 bridgehead atoms. The van der Waals surface area contributed by atoms with Crippen LogP contribution in [-0.2, 0) is 29.1 Å². The minimum Gasteiger partial charge on any atom is -0.352 e. The van der Waals surface area contributed by atoms with Gasteiger partial charge < -0.3 is 14.8 Å². The molecule has 0 atom stereocenters. The fourth-order valence-corrected chi connectivity index (χ4v) is 4.21. The van der Waals surface area contributed by atoms with Crippen LogP contribution in [0.2, 0.25) is 0 Å². The quantitative estimate of drug-likeness (QED) is 0.596. The highest BCUT2D eigenvalue weighted by molar-refractivity contribution is 5.80. The lowest BCUT2D eigenvalue weighted by atomic mass is 9.95. The van der Waals surface area contributed by atoms with E-state index in [0.717, 1.165) is 31.4 Å². The molecule has 6 heteroatoms. The minimum atomic E-state index is -0.0256.